The quantitative estimate of drug-likeness (QED) is 0.866. The van der Waals surface area contributed by atoms with Crippen molar-refractivity contribution in [1.82, 2.24) is 10.2 Å². The molecule has 5 heteroatoms. The standard InChI is InChI=1S/C16H21N3O2/c17-16(21)18-15(20)10-12-19-11-4-7-14(19)9-8-13-5-2-1-3-6-13/h1-3,5-6,8-9,14H,4,7,10-12H2,(H3,17,18,20,21)/b9-8+. The molecular formula is C16H21N3O2. The van der Waals surface area contributed by atoms with Crippen LogP contribution in [0.2, 0.25) is 0 Å². The van der Waals surface area contributed by atoms with Gasteiger partial charge in [0.05, 0.1) is 0 Å². The number of nitrogens with one attached hydrogen (secondary N) is 1. The highest BCUT2D eigenvalue weighted by molar-refractivity contribution is 5.93. The molecule has 1 saturated heterocycles. The zero-order valence-electron chi connectivity index (χ0n) is 12.0. The number of carbonyl (C=O) groups is 2. The third kappa shape index (κ3) is 5.04. The summed E-state index contributed by atoms with van der Waals surface area (Å²) in [6, 6.07) is 9.72. The van der Waals surface area contributed by atoms with Crippen LogP contribution in [0.1, 0.15) is 24.8 Å². The second-order valence-electron chi connectivity index (χ2n) is 5.18. The number of nitrogens with two attached hydrogens (primary N) is 1. The molecule has 1 aliphatic heterocycles. The van der Waals surface area contributed by atoms with E-state index in [0.29, 0.717) is 19.0 Å². The fourth-order valence-electron chi connectivity index (χ4n) is 2.58. The number of hydrogen-bond acceptors (Lipinski definition) is 3. The fourth-order valence-corrected chi connectivity index (χ4v) is 2.58. The SMILES string of the molecule is NC(=O)NC(=O)CCN1CCCC1/C=C/c1ccccc1. The molecule has 1 unspecified atom stereocenters. The molecule has 0 saturated carbocycles. The largest absolute Gasteiger partial charge is 0.351 e. The third-order valence-electron chi connectivity index (χ3n) is 3.61. The van der Waals surface area contributed by atoms with Crippen LogP contribution in [0.25, 0.3) is 6.08 Å². The number of carbonyl (C=O) groups excluding carboxylic acids is 2. The maximum absolute atomic E-state index is 11.4. The summed E-state index contributed by atoms with van der Waals surface area (Å²) in [4.78, 5) is 24.3. The highest BCUT2D eigenvalue weighted by Gasteiger charge is 2.22. The molecule has 1 heterocycles. The number of benzene rings is 1. The van der Waals surface area contributed by atoms with E-state index in [-0.39, 0.29) is 5.91 Å². The van der Waals surface area contributed by atoms with Gasteiger partial charge in [-0.1, -0.05) is 42.5 Å². The highest BCUT2D eigenvalue weighted by Crippen LogP contribution is 2.19. The molecule has 21 heavy (non-hydrogen) atoms. The van der Waals surface area contributed by atoms with Crippen molar-refractivity contribution in [2.24, 2.45) is 5.73 Å². The monoisotopic (exact) mass is 287 g/mol. The molecule has 0 spiro atoms. The fraction of sp³-hybridized carbons (Fsp3) is 0.375. The van der Waals surface area contributed by atoms with Crippen LogP contribution in [-0.2, 0) is 4.79 Å². The maximum Gasteiger partial charge on any atom is 0.318 e. The average molecular weight is 287 g/mol. The van der Waals surface area contributed by atoms with E-state index < -0.39 is 6.03 Å². The number of nitrogens with zero attached hydrogens (tertiary/aromatic N) is 1. The van der Waals surface area contributed by atoms with E-state index in [2.05, 4.69) is 34.5 Å². The Bertz CT molecular complexity index is 514. The van der Waals surface area contributed by atoms with Gasteiger partial charge < -0.3 is 5.73 Å². The predicted octanol–water partition coefficient (Wildman–Crippen LogP) is 1.75. The molecule has 5 nitrogen and oxygen atoms in total. The van der Waals surface area contributed by atoms with Crippen molar-refractivity contribution in [2.45, 2.75) is 25.3 Å². The molecule has 112 valence electrons. The summed E-state index contributed by atoms with van der Waals surface area (Å²) >= 11 is 0. The molecule has 3 N–H and O–H groups in total. The van der Waals surface area contributed by atoms with Crippen molar-refractivity contribution in [3.05, 3.63) is 42.0 Å². The molecule has 1 aliphatic rings. The lowest BCUT2D eigenvalue weighted by atomic mass is 10.1. The van der Waals surface area contributed by atoms with Gasteiger partial charge in [0.2, 0.25) is 5.91 Å². The topological polar surface area (TPSA) is 75.4 Å². The second kappa shape index (κ2) is 7.59. The van der Waals surface area contributed by atoms with E-state index in [4.69, 9.17) is 5.73 Å². The number of amides is 3. The van der Waals surface area contributed by atoms with E-state index in [1.165, 1.54) is 5.56 Å². The lowest BCUT2D eigenvalue weighted by molar-refractivity contribution is -0.120. The number of urea groups is 1. The van der Waals surface area contributed by atoms with Crippen molar-refractivity contribution in [1.29, 1.82) is 0 Å². The van der Waals surface area contributed by atoms with Crippen LogP contribution in [0.3, 0.4) is 0 Å². The Labute approximate surface area is 124 Å². The van der Waals surface area contributed by atoms with Crippen LogP contribution >= 0.6 is 0 Å². The average Bonchev–Trinajstić information content (AvgIpc) is 2.91. The summed E-state index contributed by atoms with van der Waals surface area (Å²) in [5.74, 6) is -0.319. The number of rotatable bonds is 5. The normalized spacial score (nSPS) is 19.0. The summed E-state index contributed by atoms with van der Waals surface area (Å²) in [5.41, 5.74) is 6.10. The number of likely N-dealkylation sites (tertiary alicyclic amines) is 1. The van der Waals surface area contributed by atoms with Gasteiger partial charge in [-0.3, -0.25) is 15.0 Å². The van der Waals surface area contributed by atoms with Crippen LogP contribution in [-0.4, -0.2) is 36.0 Å². The van der Waals surface area contributed by atoms with Gasteiger partial charge in [0.25, 0.3) is 0 Å². The van der Waals surface area contributed by atoms with Crippen LogP contribution in [0.5, 0.6) is 0 Å². The minimum atomic E-state index is -0.790. The molecule has 1 aromatic rings. The first-order valence-electron chi connectivity index (χ1n) is 7.22. The molecule has 1 aromatic carbocycles. The van der Waals surface area contributed by atoms with E-state index in [0.717, 1.165) is 19.4 Å². The summed E-state index contributed by atoms with van der Waals surface area (Å²) in [6.45, 7) is 1.62. The Morgan fingerprint density at radius 1 is 1.33 bits per heavy atom. The Balaban J connectivity index is 1.84. The Hall–Kier alpha value is -2.14. The zero-order chi connectivity index (χ0) is 15.1. The summed E-state index contributed by atoms with van der Waals surface area (Å²) < 4.78 is 0. The summed E-state index contributed by atoms with van der Waals surface area (Å²) in [7, 11) is 0. The first-order valence-corrected chi connectivity index (χ1v) is 7.22. The van der Waals surface area contributed by atoms with Crippen LogP contribution < -0.4 is 11.1 Å². The molecule has 2 rings (SSSR count). The molecule has 0 aromatic heterocycles. The first kappa shape index (κ1) is 15.3. The van der Waals surface area contributed by atoms with Gasteiger partial charge in [0, 0.05) is 19.0 Å². The van der Waals surface area contributed by atoms with Gasteiger partial charge in [-0.2, -0.15) is 0 Å². The molecule has 0 bridgehead atoms. The van der Waals surface area contributed by atoms with Crippen molar-refractivity contribution in [2.75, 3.05) is 13.1 Å². The van der Waals surface area contributed by atoms with Gasteiger partial charge in [-0.25, -0.2) is 4.79 Å². The number of hydrogen-bond donors (Lipinski definition) is 2. The predicted molar refractivity (Wildman–Crippen MR) is 82.4 cm³/mol. The van der Waals surface area contributed by atoms with Gasteiger partial charge in [0.1, 0.15) is 0 Å². The van der Waals surface area contributed by atoms with Crippen LogP contribution in [0.15, 0.2) is 36.4 Å². The maximum atomic E-state index is 11.4. The van der Waals surface area contributed by atoms with Crippen molar-refractivity contribution in [3.8, 4) is 0 Å². The Morgan fingerprint density at radius 3 is 2.81 bits per heavy atom. The molecule has 0 aliphatic carbocycles. The highest BCUT2D eigenvalue weighted by atomic mass is 16.2. The lowest BCUT2D eigenvalue weighted by Gasteiger charge is -2.21. The van der Waals surface area contributed by atoms with E-state index in [9.17, 15) is 9.59 Å². The van der Waals surface area contributed by atoms with Gasteiger partial charge in [-0.15, -0.1) is 0 Å². The van der Waals surface area contributed by atoms with E-state index >= 15 is 0 Å². The zero-order valence-corrected chi connectivity index (χ0v) is 12.0. The summed E-state index contributed by atoms with van der Waals surface area (Å²) in [5, 5.41) is 2.09. The van der Waals surface area contributed by atoms with Crippen LogP contribution in [0.4, 0.5) is 4.79 Å². The lowest BCUT2D eigenvalue weighted by Crippen LogP contribution is -2.38. The third-order valence-corrected chi connectivity index (χ3v) is 3.61. The minimum Gasteiger partial charge on any atom is -0.351 e. The van der Waals surface area contributed by atoms with Gasteiger partial charge in [0.15, 0.2) is 0 Å². The molecule has 0 radical (unpaired) electrons. The van der Waals surface area contributed by atoms with Crippen molar-refractivity contribution >= 4 is 18.0 Å². The number of imide groups is 1. The summed E-state index contributed by atoms with van der Waals surface area (Å²) in [6.07, 6.45) is 6.82. The first-order chi connectivity index (χ1) is 10.1. The minimum absolute atomic E-state index is 0.290. The van der Waals surface area contributed by atoms with Crippen molar-refractivity contribution < 1.29 is 9.59 Å². The molecule has 1 atom stereocenters. The molecule has 3 amide bonds. The van der Waals surface area contributed by atoms with E-state index in [1.807, 2.05) is 18.2 Å². The van der Waals surface area contributed by atoms with Gasteiger partial charge >= 0.3 is 6.03 Å². The van der Waals surface area contributed by atoms with E-state index in [1.54, 1.807) is 0 Å². The second-order valence-corrected chi connectivity index (χ2v) is 5.18. The smallest absolute Gasteiger partial charge is 0.318 e. The Morgan fingerprint density at radius 2 is 2.10 bits per heavy atom. The molecule has 1 fully saturated rings. The van der Waals surface area contributed by atoms with Crippen molar-refractivity contribution in [3.63, 3.8) is 0 Å². The Kier molecular flexibility index (Phi) is 5.51. The van der Waals surface area contributed by atoms with Gasteiger partial charge in [-0.05, 0) is 24.9 Å². The molecular weight excluding hydrogens is 266 g/mol. The van der Waals surface area contributed by atoms with Crippen LogP contribution in [0, 0.1) is 0 Å². The number of primary amides is 1.